The number of amides is 3. The molecule has 0 aromatic heterocycles. The predicted octanol–water partition coefficient (Wildman–Crippen LogP) is 3.20. The van der Waals surface area contributed by atoms with Crippen molar-refractivity contribution in [2.24, 2.45) is 0 Å². The lowest BCUT2D eigenvalue weighted by Crippen LogP contribution is -2.39. The number of aryl methyl sites for hydroxylation is 1. The van der Waals surface area contributed by atoms with E-state index in [1.807, 2.05) is 31.2 Å². The fourth-order valence-electron chi connectivity index (χ4n) is 2.71. The largest absolute Gasteiger partial charge is 0.333 e. The number of hydrogen-bond donors (Lipinski definition) is 2. The molecule has 130 valence electrons. The van der Waals surface area contributed by atoms with Gasteiger partial charge >= 0.3 is 6.03 Å². The van der Waals surface area contributed by atoms with Crippen LogP contribution in [0.2, 0.25) is 0 Å². The summed E-state index contributed by atoms with van der Waals surface area (Å²) in [6.45, 7) is 2.29. The Morgan fingerprint density at radius 2 is 1.88 bits per heavy atom. The second-order valence-corrected chi connectivity index (χ2v) is 5.96. The van der Waals surface area contributed by atoms with E-state index in [0.29, 0.717) is 12.6 Å². The Kier molecular flexibility index (Phi) is 4.65. The van der Waals surface area contributed by atoms with Gasteiger partial charge in [0.05, 0.1) is 11.7 Å². The van der Waals surface area contributed by atoms with Crippen LogP contribution in [0.15, 0.2) is 42.5 Å². The SMILES string of the molecule is Cc1ccc(N2C[C@H](NC(=O)Nc3ccc(F)cc3F)CC2=O)cc1. The highest BCUT2D eigenvalue weighted by Gasteiger charge is 2.31. The van der Waals surface area contributed by atoms with Crippen LogP contribution in [0.4, 0.5) is 25.0 Å². The number of nitrogens with zero attached hydrogens (tertiary/aromatic N) is 1. The Morgan fingerprint density at radius 1 is 1.16 bits per heavy atom. The minimum absolute atomic E-state index is 0.0953. The molecular weight excluding hydrogens is 328 g/mol. The smallest absolute Gasteiger partial charge is 0.319 e. The minimum atomic E-state index is -0.862. The van der Waals surface area contributed by atoms with Crippen molar-refractivity contribution in [3.8, 4) is 0 Å². The predicted molar refractivity (Wildman–Crippen MR) is 90.4 cm³/mol. The third kappa shape index (κ3) is 3.93. The molecule has 25 heavy (non-hydrogen) atoms. The summed E-state index contributed by atoms with van der Waals surface area (Å²) in [7, 11) is 0. The van der Waals surface area contributed by atoms with Crippen molar-refractivity contribution in [3.05, 3.63) is 59.7 Å². The molecule has 2 N–H and O–H groups in total. The number of benzene rings is 2. The van der Waals surface area contributed by atoms with E-state index < -0.39 is 23.7 Å². The van der Waals surface area contributed by atoms with Gasteiger partial charge in [0.25, 0.3) is 0 Å². The van der Waals surface area contributed by atoms with Crippen LogP contribution in [0.3, 0.4) is 0 Å². The van der Waals surface area contributed by atoms with Gasteiger partial charge in [0, 0.05) is 24.7 Å². The Labute approximate surface area is 143 Å². The minimum Gasteiger partial charge on any atom is -0.333 e. The molecule has 1 atom stereocenters. The first-order valence-corrected chi connectivity index (χ1v) is 7.82. The van der Waals surface area contributed by atoms with E-state index in [1.165, 1.54) is 0 Å². The number of nitrogens with one attached hydrogen (secondary N) is 2. The Morgan fingerprint density at radius 3 is 2.56 bits per heavy atom. The number of carbonyl (C=O) groups is 2. The Hall–Kier alpha value is -2.96. The van der Waals surface area contributed by atoms with E-state index in [9.17, 15) is 18.4 Å². The number of hydrogen-bond acceptors (Lipinski definition) is 2. The van der Waals surface area contributed by atoms with Crippen LogP contribution in [0.1, 0.15) is 12.0 Å². The van der Waals surface area contributed by atoms with Crippen LogP contribution in [0.25, 0.3) is 0 Å². The first-order valence-electron chi connectivity index (χ1n) is 7.82. The Balaban J connectivity index is 1.61. The summed E-state index contributed by atoms with van der Waals surface area (Å²) < 4.78 is 26.4. The summed E-state index contributed by atoms with van der Waals surface area (Å²) in [5.41, 5.74) is 1.73. The highest BCUT2D eigenvalue weighted by Crippen LogP contribution is 2.22. The van der Waals surface area contributed by atoms with Crippen molar-refractivity contribution in [3.63, 3.8) is 0 Å². The van der Waals surface area contributed by atoms with E-state index >= 15 is 0 Å². The van der Waals surface area contributed by atoms with Gasteiger partial charge in [0.1, 0.15) is 11.6 Å². The van der Waals surface area contributed by atoms with E-state index in [2.05, 4.69) is 10.6 Å². The second-order valence-electron chi connectivity index (χ2n) is 5.96. The molecule has 7 heteroatoms. The average Bonchev–Trinajstić information content (AvgIpc) is 2.91. The molecule has 1 fully saturated rings. The molecule has 2 aromatic rings. The lowest BCUT2D eigenvalue weighted by Gasteiger charge is -2.17. The molecule has 0 bridgehead atoms. The molecule has 1 saturated heterocycles. The maximum absolute atomic E-state index is 13.6. The van der Waals surface area contributed by atoms with Gasteiger partial charge in [-0.15, -0.1) is 0 Å². The van der Waals surface area contributed by atoms with Gasteiger partial charge in [-0.3, -0.25) is 4.79 Å². The van der Waals surface area contributed by atoms with Crippen molar-refractivity contribution in [2.45, 2.75) is 19.4 Å². The highest BCUT2D eigenvalue weighted by molar-refractivity contribution is 5.97. The summed E-state index contributed by atoms with van der Waals surface area (Å²) in [6, 6.07) is 9.37. The molecule has 0 aliphatic carbocycles. The van der Waals surface area contributed by atoms with Gasteiger partial charge in [-0.25, -0.2) is 13.6 Å². The molecule has 1 aliphatic heterocycles. The highest BCUT2D eigenvalue weighted by atomic mass is 19.1. The number of halogens is 2. The summed E-state index contributed by atoms with van der Waals surface area (Å²) in [6.07, 6.45) is 0.160. The van der Waals surface area contributed by atoms with Gasteiger partial charge in [-0.05, 0) is 31.2 Å². The van der Waals surface area contributed by atoms with Gasteiger partial charge in [0.15, 0.2) is 0 Å². The molecular formula is C18H17F2N3O2. The summed E-state index contributed by atoms with van der Waals surface area (Å²) in [4.78, 5) is 25.7. The number of anilines is 2. The van der Waals surface area contributed by atoms with Crippen LogP contribution in [0.5, 0.6) is 0 Å². The molecule has 0 radical (unpaired) electrons. The quantitative estimate of drug-likeness (QED) is 0.897. The van der Waals surface area contributed by atoms with Gasteiger partial charge < -0.3 is 15.5 Å². The number of carbonyl (C=O) groups excluding carboxylic acids is 2. The molecule has 1 heterocycles. The van der Waals surface area contributed by atoms with Crippen molar-refractivity contribution >= 4 is 23.3 Å². The molecule has 3 rings (SSSR count). The van der Waals surface area contributed by atoms with Crippen molar-refractivity contribution in [1.29, 1.82) is 0 Å². The first-order chi connectivity index (χ1) is 11.9. The van der Waals surface area contributed by atoms with Crippen LogP contribution < -0.4 is 15.5 Å². The Bertz CT molecular complexity index is 808. The topological polar surface area (TPSA) is 61.4 Å². The standard InChI is InChI=1S/C18H17F2N3O2/c1-11-2-5-14(6-3-11)23-10-13(9-17(23)24)21-18(25)22-16-7-4-12(19)8-15(16)20/h2-8,13H,9-10H2,1H3,(H2,21,22,25)/t13-/m1/s1. The van der Waals surface area contributed by atoms with E-state index in [4.69, 9.17) is 0 Å². The van der Waals surface area contributed by atoms with E-state index in [1.54, 1.807) is 4.90 Å². The normalized spacial score (nSPS) is 16.8. The molecule has 3 amide bonds. The zero-order valence-electron chi connectivity index (χ0n) is 13.6. The molecule has 2 aromatic carbocycles. The summed E-state index contributed by atoms with van der Waals surface area (Å²) in [5.74, 6) is -1.68. The van der Waals surface area contributed by atoms with Crippen molar-refractivity contribution in [1.82, 2.24) is 5.32 Å². The van der Waals surface area contributed by atoms with Crippen LogP contribution in [-0.2, 0) is 4.79 Å². The van der Waals surface area contributed by atoms with Gasteiger partial charge in [0.2, 0.25) is 5.91 Å². The van der Waals surface area contributed by atoms with Gasteiger partial charge in [-0.2, -0.15) is 0 Å². The molecule has 1 aliphatic rings. The average molecular weight is 345 g/mol. The molecule has 0 saturated carbocycles. The first kappa shape index (κ1) is 16.9. The van der Waals surface area contributed by atoms with Gasteiger partial charge in [-0.1, -0.05) is 17.7 Å². The third-order valence-corrected chi connectivity index (χ3v) is 3.99. The molecule has 5 nitrogen and oxygen atoms in total. The van der Waals surface area contributed by atoms with Crippen LogP contribution >= 0.6 is 0 Å². The lowest BCUT2D eigenvalue weighted by atomic mass is 10.2. The number of urea groups is 1. The fourth-order valence-corrected chi connectivity index (χ4v) is 2.71. The maximum atomic E-state index is 13.6. The van der Waals surface area contributed by atoms with E-state index in [0.717, 1.165) is 23.4 Å². The molecule has 0 spiro atoms. The second kappa shape index (κ2) is 6.88. The summed E-state index contributed by atoms with van der Waals surface area (Å²) >= 11 is 0. The van der Waals surface area contributed by atoms with Crippen LogP contribution in [-0.4, -0.2) is 24.5 Å². The maximum Gasteiger partial charge on any atom is 0.319 e. The van der Waals surface area contributed by atoms with Crippen molar-refractivity contribution < 1.29 is 18.4 Å². The third-order valence-electron chi connectivity index (χ3n) is 3.99. The summed E-state index contributed by atoms with van der Waals surface area (Å²) in [5, 5.41) is 4.96. The zero-order valence-corrected chi connectivity index (χ0v) is 13.6. The van der Waals surface area contributed by atoms with Crippen molar-refractivity contribution in [2.75, 3.05) is 16.8 Å². The zero-order chi connectivity index (χ0) is 18.0. The monoisotopic (exact) mass is 345 g/mol. The lowest BCUT2D eigenvalue weighted by molar-refractivity contribution is -0.117. The number of rotatable bonds is 3. The van der Waals surface area contributed by atoms with Crippen LogP contribution in [0, 0.1) is 18.6 Å². The molecule has 0 unspecified atom stereocenters. The van der Waals surface area contributed by atoms with E-state index in [-0.39, 0.29) is 18.0 Å². The fraction of sp³-hybridized carbons (Fsp3) is 0.222.